The van der Waals surface area contributed by atoms with E-state index < -0.39 is 0 Å². The zero-order valence-electron chi connectivity index (χ0n) is 13.5. The summed E-state index contributed by atoms with van der Waals surface area (Å²) in [5.74, 6) is 2.96. The third-order valence-electron chi connectivity index (χ3n) is 5.96. The number of fused-ring (bicyclic) bond motifs is 7. The number of hydrogen-bond donors (Lipinski definition) is 0. The third-order valence-corrected chi connectivity index (χ3v) is 6.27. The lowest BCUT2D eigenvalue weighted by Gasteiger charge is -2.20. The van der Waals surface area contributed by atoms with E-state index in [2.05, 4.69) is 50.0 Å². The van der Waals surface area contributed by atoms with Gasteiger partial charge in [0.05, 0.1) is 17.9 Å². The number of benzene rings is 1. The van der Waals surface area contributed by atoms with Crippen molar-refractivity contribution in [1.82, 2.24) is 24.3 Å². The number of rotatable bonds is 1. The summed E-state index contributed by atoms with van der Waals surface area (Å²) in [4.78, 5) is 8.81. The molecule has 6 heteroatoms. The maximum Gasteiger partial charge on any atom is 0.160 e. The van der Waals surface area contributed by atoms with Crippen LogP contribution in [-0.4, -0.2) is 24.3 Å². The summed E-state index contributed by atoms with van der Waals surface area (Å²) in [6.45, 7) is 0.578. The van der Waals surface area contributed by atoms with E-state index in [1.165, 1.54) is 18.4 Å². The first-order chi connectivity index (χ1) is 12.3. The average Bonchev–Trinajstić information content (AvgIpc) is 3.40. The van der Waals surface area contributed by atoms with E-state index in [4.69, 9.17) is 11.6 Å². The summed E-state index contributed by atoms with van der Waals surface area (Å²) >= 11 is 6.31. The standard InChI is InChI=1S/C19H16ClN5/c20-18-17-8-25-19(21-9-23-25)15-7-13(3-4-16(15)24(17)10-22-18)14-6-11-1-2-12(14)5-11/h1-4,7,9-12,14H,5-6,8H2. The van der Waals surface area contributed by atoms with Gasteiger partial charge < -0.3 is 0 Å². The van der Waals surface area contributed by atoms with Gasteiger partial charge in [0, 0.05) is 5.56 Å². The van der Waals surface area contributed by atoms with Gasteiger partial charge in [0.2, 0.25) is 0 Å². The average molecular weight is 350 g/mol. The molecule has 3 aromatic rings. The van der Waals surface area contributed by atoms with Crippen LogP contribution in [0.1, 0.15) is 30.0 Å². The van der Waals surface area contributed by atoms with Crippen molar-refractivity contribution in [3.8, 4) is 17.1 Å². The molecule has 0 radical (unpaired) electrons. The zero-order chi connectivity index (χ0) is 16.5. The van der Waals surface area contributed by atoms with Crippen molar-refractivity contribution in [2.75, 3.05) is 0 Å². The topological polar surface area (TPSA) is 48.5 Å². The number of aromatic nitrogens is 5. The van der Waals surface area contributed by atoms with E-state index >= 15 is 0 Å². The highest BCUT2D eigenvalue weighted by atomic mass is 35.5. The lowest BCUT2D eigenvalue weighted by atomic mass is 9.86. The molecule has 3 heterocycles. The van der Waals surface area contributed by atoms with Crippen molar-refractivity contribution in [2.24, 2.45) is 11.8 Å². The maximum absolute atomic E-state index is 6.31. The Labute approximate surface area is 150 Å². The molecule has 5 nitrogen and oxygen atoms in total. The number of allylic oxidation sites excluding steroid dienone is 2. The molecule has 25 heavy (non-hydrogen) atoms. The SMILES string of the molecule is Clc1ncn2c1Cn1ncnc1-c1cc(C3CC4C=CC3C4)ccc1-2. The van der Waals surface area contributed by atoms with Crippen molar-refractivity contribution >= 4 is 11.6 Å². The van der Waals surface area contributed by atoms with Crippen molar-refractivity contribution in [3.05, 3.63) is 59.4 Å². The first-order valence-corrected chi connectivity index (χ1v) is 9.08. The van der Waals surface area contributed by atoms with Crippen molar-refractivity contribution < 1.29 is 0 Å². The molecule has 3 unspecified atom stereocenters. The number of halogens is 1. The van der Waals surface area contributed by atoms with Gasteiger partial charge in [-0.05, 0) is 48.3 Å². The molecule has 2 bridgehead atoms. The van der Waals surface area contributed by atoms with Gasteiger partial charge in [-0.15, -0.1) is 0 Å². The van der Waals surface area contributed by atoms with Gasteiger partial charge in [-0.2, -0.15) is 5.10 Å². The Morgan fingerprint density at radius 1 is 1.12 bits per heavy atom. The van der Waals surface area contributed by atoms with Crippen molar-refractivity contribution in [2.45, 2.75) is 25.3 Å². The van der Waals surface area contributed by atoms with Crippen LogP contribution in [0.3, 0.4) is 0 Å². The summed E-state index contributed by atoms with van der Waals surface area (Å²) in [6, 6.07) is 6.76. The highest BCUT2D eigenvalue weighted by Gasteiger charge is 2.37. The Morgan fingerprint density at radius 3 is 2.92 bits per heavy atom. The monoisotopic (exact) mass is 349 g/mol. The van der Waals surface area contributed by atoms with Crippen LogP contribution in [0.2, 0.25) is 5.15 Å². The molecular formula is C19H16ClN5. The molecule has 1 aromatic carbocycles. The first-order valence-electron chi connectivity index (χ1n) is 8.70. The molecular weight excluding hydrogens is 334 g/mol. The van der Waals surface area contributed by atoms with Gasteiger partial charge in [0.1, 0.15) is 12.7 Å². The Hall–Kier alpha value is -2.40. The van der Waals surface area contributed by atoms with Crippen LogP contribution < -0.4 is 0 Å². The molecule has 1 saturated carbocycles. The van der Waals surface area contributed by atoms with E-state index in [9.17, 15) is 0 Å². The van der Waals surface area contributed by atoms with Gasteiger partial charge in [-0.1, -0.05) is 29.8 Å². The van der Waals surface area contributed by atoms with E-state index in [0.29, 0.717) is 23.5 Å². The Morgan fingerprint density at radius 2 is 2.08 bits per heavy atom. The van der Waals surface area contributed by atoms with Crippen LogP contribution >= 0.6 is 11.6 Å². The number of imidazole rings is 1. The van der Waals surface area contributed by atoms with E-state index in [1.807, 2.05) is 4.68 Å². The van der Waals surface area contributed by atoms with Gasteiger partial charge in [-0.25, -0.2) is 14.6 Å². The van der Waals surface area contributed by atoms with Crippen LogP contribution in [0, 0.1) is 11.8 Å². The molecule has 0 spiro atoms. The van der Waals surface area contributed by atoms with Gasteiger partial charge in [0.25, 0.3) is 0 Å². The Bertz CT molecular complexity index is 1030. The zero-order valence-corrected chi connectivity index (χ0v) is 14.3. The Balaban J connectivity index is 1.56. The van der Waals surface area contributed by atoms with Crippen LogP contribution in [-0.2, 0) is 6.54 Å². The van der Waals surface area contributed by atoms with Crippen LogP contribution in [0.15, 0.2) is 43.0 Å². The summed E-state index contributed by atoms with van der Waals surface area (Å²) in [5.41, 5.74) is 4.53. The van der Waals surface area contributed by atoms with Crippen molar-refractivity contribution in [3.63, 3.8) is 0 Å². The molecule has 3 atom stereocenters. The normalized spacial score (nSPS) is 25.6. The van der Waals surface area contributed by atoms with E-state index in [1.54, 1.807) is 12.7 Å². The summed E-state index contributed by atoms with van der Waals surface area (Å²) in [6.07, 6.45) is 10.8. The molecule has 124 valence electrons. The van der Waals surface area contributed by atoms with Crippen LogP contribution in [0.5, 0.6) is 0 Å². The number of hydrogen-bond acceptors (Lipinski definition) is 3. The lowest BCUT2D eigenvalue weighted by Crippen LogP contribution is -2.06. The molecule has 2 aromatic heterocycles. The van der Waals surface area contributed by atoms with E-state index in [0.717, 1.165) is 28.7 Å². The fraction of sp³-hybridized carbons (Fsp3) is 0.316. The molecule has 0 N–H and O–H groups in total. The van der Waals surface area contributed by atoms with Gasteiger partial charge >= 0.3 is 0 Å². The second-order valence-corrected chi connectivity index (χ2v) is 7.61. The van der Waals surface area contributed by atoms with Crippen LogP contribution in [0.25, 0.3) is 17.1 Å². The summed E-state index contributed by atoms with van der Waals surface area (Å²) in [7, 11) is 0. The largest absolute Gasteiger partial charge is 0.299 e. The fourth-order valence-corrected chi connectivity index (χ4v) is 4.96. The highest BCUT2D eigenvalue weighted by molar-refractivity contribution is 6.30. The third kappa shape index (κ3) is 1.87. The van der Waals surface area contributed by atoms with Gasteiger partial charge in [0.15, 0.2) is 11.0 Å². The second kappa shape index (κ2) is 4.82. The highest BCUT2D eigenvalue weighted by Crippen LogP contribution is 2.49. The fourth-order valence-electron chi connectivity index (χ4n) is 4.77. The summed E-state index contributed by atoms with van der Waals surface area (Å²) in [5, 5.41) is 4.92. The molecule has 2 aliphatic carbocycles. The maximum atomic E-state index is 6.31. The predicted molar refractivity (Wildman–Crippen MR) is 94.8 cm³/mol. The first kappa shape index (κ1) is 13.8. The molecule has 3 aliphatic rings. The molecule has 6 rings (SSSR count). The minimum Gasteiger partial charge on any atom is -0.299 e. The van der Waals surface area contributed by atoms with Crippen molar-refractivity contribution in [1.29, 1.82) is 0 Å². The lowest BCUT2D eigenvalue weighted by molar-refractivity contribution is 0.585. The molecule has 0 saturated heterocycles. The second-order valence-electron chi connectivity index (χ2n) is 7.26. The molecule has 1 aliphatic heterocycles. The van der Waals surface area contributed by atoms with Gasteiger partial charge in [-0.3, -0.25) is 4.57 Å². The quantitative estimate of drug-likeness (QED) is 0.491. The molecule has 0 amide bonds. The minimum atomic E-state index is 0.525. The smallest absolute Gasteiger partial charge is 0.160 e. The van der Waals surface area contributed by atoms with Crippen LogP contribution in [0.4, 0.5) is 0 Å². The predicted octanol–water partition coefficient (Wildman–Crippen LogP) is 3.83. The molecule has 1 fully saturated rings. The minimum absolute atomic E-state index is 0.525. The van der Waals surface area contributed by atoms with E-state index in [-0.39, 0.29) is 0 Å². The summed E-state index contributed by atoms with van der Waals surface area (Å²) < 4.78 is 3.98. The number of nitrogens with zero attached hydrogens (tertiary/aromatic N) is 5. The Kier molecular flexibility index (Phi) is 2.67.